The number of rotatable bonds is 2. The molecule has 0 N–H and O–H groups in total. The lowest BCUT2D eigenvalue weighted by Gasteiger charge is -2.10. The van der Waals surface area contributed by atoms with E-state index in [2.05, 4.69) is 0 Å². The number of nitrogens with zero attached hydrogens (tertiary/aromatic N) is 1. The minimum atomic E-state index is -1.23. The molecule has 1 aliphatic heterocycles. The average molecular weight is 197 g/mol. The first-order chi connectivity index (χ1) is 6.36. The molecule has 0 aliphatic carbocycles. The zero-order valence-electron chi connectivity index (χ0n) is 7.18. The molecule has 13 heavy (non-hydrogen) atoms. The summed E-state index contributed by atoms with van der Waals surface area (Å²) < 4.78 is 17.9. The quantitative estimate of drug-likeness (QED) is 0.710. The highest BCUT2D eigenvalue weighted by atomic mass is 32.2. The Bertz CT molecular complexity index is 302. The highest BCUT2D eigenvalue weighted by Crippen LogP contribution is 2.11. The highest BCUT2D eigenvalue weighted by Gasteiger charge is 2.20. The van der Waals surface area contributed by atoms with E-state index in [4.69, 9.17) is 4.18 Å². The lowest BCUT2D eigenvalue weighted by atomic mass is 10.2. The van der Waals surface area contributed by atoms with Crippen molar-refractivity contribution in [1.82, 2.24) is 4.31 Å². The fourth-order valence-corrected chi connectivity index (χ4v) is 2.12. The van der Waals surface area contributed by atoms with Crippen LogP contribution in [0.5, 0.6) is 0 Å². The Morgan fingerprint density at radius 1 is 1.38 bits per heavy atom. The fourth-order valence-electron chi connectivity index (χ4n) is 1.28. The lowest BCUT2D eigenvalue weighted by Crippen LogP contribution is -2.19. The molecule has 0 saturated carbocycles. The standard InChI is InChI=1S/C9H11NO2S/c11-13-10(6-7-12-13)8-9-4-2-1-3-5-9/h1-5H,6-8H2. The largest absolute Gasteiger partial charge is 0.277 e. The molecule has 1 saturated heterocycles. The summed E-state index contributed by atoms with van der Waals surface area (Å²) in [5.41, 5.74) is 1.17. The van der Waals surface area contributed by atoms with Gasteiger partial charge in [0.15, 0.2) is 0 Å². The van der Waals surface area contributed by atoms with Crippen LogP contribution < -0.4 is 0 Å². The van der Waals surface area contributed by atoms with Crippen LogP contribution in [-0.4, -0.2) is 21.7 Å². The summed E-state index contributed by atoms with van der Waals surface area (Å²) in [6, 6.07) is 9.98. The summed E-state index contributed by atoms with van der Waals surface area (Å²) in [7, 11) is 0. The van der Waals surface area contributed by atoms with Gasteiger partial charge in [-0.2, -0.15) is 4.31 Å². The van der Waals surface area contributed by atoms with Gasteiger partial charge in [-0.25, -0.2) is 4.21 Å². The molecule has 1 unspecified atom stereocenters. The van der Waals surface area contributed by atoms with Crippen LogP contribution in [0, 0.1) is 0 Å². The zero-order chi connectivity index (χ0) is 9.10. The monoisotopic (exact) mass is 197 g/mol. The molecule has 1 atom stereocenters. The van der Waals surface area contributed by atoms with Gasteiger partial charge in [-0.1, -0.05) is 30.3 Å². The highest BCUT2D eigenvalue weighted by molar-refractivity contribution is 7.77. The van der Waals surface area contributed by atoms with E-state index in [1.165, 1.54) is 5.56 Å². The predicted molar refractivity (Wildman–Crippen MR) is 50.9 cm³/mol. The molecule has 0 radical (unpaired) electrons. The van der Waals surface area contributed by atoms with Crippen LogP contribution in [0.25, 0.3) is 0 Å². The summed E-state index contributed by atoms with van der Waals surface area (Å²) in [5, 5.41) is 0. The molecule has 1 fully saturated rings. The van der Waals surface area contributed by atoms with Gasteiger partial charge in [0.2, 0.25) is 11.3 Å². The summed E-state index contributed by atoms with van der Waals surface area (Å²) in [5.74, 6) is 0. The van der Waals surface area contributed by atoms with Gasteiger partial charge in [0.05, 0.1) is 6.61 Å². The van der Waals surface area contributed by atoms with E-state index in [1.807, 2.05) is 34.6 Å². The Morgan fingerprint density at radius 2 is 2.15 bits per heavy atom. The minimum absolute atomic E-state index is 0.569. The molecule has 2 rings (SSSR count). The smallest absolute Gasteiger partial charge is 0.237 e. The summed E-state index contributed by atoms with van der Waals surface area (Å²) in [6.07, 6.45) is 0. The van der Waals surface area contributed by atoms with Gasteiger partial charge in [0.25, 0.3) is 0 Å². The van der Waals surface area contributed by atoms with Crippen LogP contribution in [0.2, 0.25) is 0 Å². The maximum absolute atomic E-state index is 11.2. The van der Waals surface area contributed by atoms with Gasteiger partial charge in [-0.3, -0.25) is 4.18 Å². The van der Waals surface area contributed by atoms with Crippen molar-refractivity contribution >= 4 is 11.3 Å². The van der Waals surface area contributed by atoms with Crippen LogP contribution >= 0.6 is 0 Å². The maximum Gasteiger partial charge on any atom is 0.237 e. The predicted octanol–water partition coefficient (Wildman–Crippen LogP) is 1.10. The summed E-state index contributed by atoms with van der Waals surface area (Å²) in [4.78, 5) is 0. The Hall–Kier alpha value is -0.710. The van der Waals surface area contributed by atoms with Crippen molar-refractivity contribution < 1.29 is 8.39 Å². The first-order valence-corrected chi connectivity index (χ1v) is 5.23. The maximum atomic E-state index is 11.2. The molecule has 4 heteroatoms. The molecule has 1 aromatic carbocycles. The Kier molecular flexibility index (Phi) is 2.73. The van der Waals surface area contributed by atoms with Crippen LogP contribution in [0.3, 0.4) is 0 Å². The molecule has 1 aromatic rings. The van der Waals surface area contributed by atoms with Crippen molar-refractivity contribution in [2.24, 2.45) is 0 Å². The van der Waals surface area contributed by atoms with Crippen molar-refractivity contribution in [3.05, 3.63) is 35.9 Å². The van der Waals surface area contributed by atoms with Crippen molar-refractivity contribution in [3.63, 3.8) is 0 Å². The Morgan fingerprint density at radius 3 is 2.77 bits per heavy atom. The van der Waals surface area contributed by atoms with Crippen molar-refractivity contribution in [2.75, 3.05) is 13.2 Å². The second-order valence-corrected chi connectivity index (χ2v) is 4.07. The SMILES string of the molecule is O=S1OCCN1Cc1ccccc1. The Balaban J connectivity index is 2.02. The first kappa shape index (κ1) is 8.87. The average Bonchev–Trinajstić information content (AvgIpc) is 2.54. The van der Waals surface area contributed by atoms with Crippen LogP contribution in [0.4, 0.5) is 0 Å². The van der Waals surface area contributed by atoms with Gasteiger partial charge >= 0.3 is 0 Å². The van der Waals surface area contributed by atoms with Crippen molar-refractivity contribution in [3.8, 4) is 0 Å². The molecule has 70 valence electrons. The molecule has 0 aromatic heterocycles. The molecule has 3 nitrogen and oxygen atoms in total. The topological polar surface area (TPSA) is 29.5 Å². The lowest BCUT2D eigenvalue weighted by molar-refractivity contribution is 0.386. The second-order valence-electron chi connectivity index (χ2n) is 2.89. The Labute approximate surface area is 80.1 Å². The summed E-state index contributed by atoms with van der Waals surface area (Å²) >= 11 is -1.23. The summed E-state index contributed by atoms with van der Waals surface area (Å²) in [6.45, 7) is 2.02. The van der Waals surface area contributed by atoms with E-state index < -0.39 is 11.3 Å². The van der Waals surface area contributed by atoms with Gasteiger partial charge in [0.1, 0.15) is 0 Å². The van der Waals surface area contributed by atoms with Crippen LogP contribution in [0.15, 0.2) is 30.3 Å². The van der Waals surface area contributed by atoms with Gasteiger partial charge < -0.3 is 0 Å². The van der Waals surface area contributed by atoms with Crippen LogP contribution in [-0.2, 0) is 22.0 Å². The third-order valence-electron chi connectivity index (χ3n) is 1.94. The molecule has 0 amide bonds. The number of hydrogen-bond acceptors (Lipinski definition) is 2. The third-order valence-corrected chi connectivity index (χ3v) is 3.04. The molecule has 0 spiro atoms. The van der Waals surface area contributed by atoms with Gasteiger partial charge in [-0.15, -0.1) is 0 Å². The van der Waals surface area contributed by atoms with Gasteiger partial charge in [-0.05, 0) is 5.56 Å². The normalized spacial score (nSPS) is 23.5. The minimum Gasteiger partial charge on any atom is -0.277 e. The van der Waals surface area contributed by atoms with E-state index in [1.54, 1.807) is 0 Å². The number of hydrogen-bond donors (Lipinski definition) is 0. The van der Waals surface area contributed by atoms with Crippen molar-refractivity contribution in [2.45, 2.75) is 6.54 Å². The number of benzene rings is 1. The molecule has 1 aliphatic rings. The van der Waals surface area contributed by atoms with Gasteiger partial charge in [0, 0.05) is 13.1 Å². The fraction of sp³-hybridized carbons (Fsp3) is 0.333. The molecular weight excluding hydrogens is 186 g/mol. The van der Waals surface area contributed by atoms with E-state index in [9.17, 15) is 4.21 Å². The molecular formula is C9H11NO2S. The van der Waals surface area contributed by atoms with E-state index >= 15 is 0 Å². The van der Waals surface area contributed by atoms with E-state index in [0.29, 0.717) is 13.2 Å². The van der Waals surface area contributed by atoms with Crippen molar-refractivity contribution in [1.29, 1.82) is 0 Å². The zero-order valence-corrected chi connectivity index (χ0v) is 8.00. The van der Waals surface area contributed by atoms with E-state index in [-0.39, 0.29) is 0 Å². The molecule has 0 bridgehead atoms. The van der Waals surface area contributed by atoms with E-state index in [0.717, 1.165) is 6.54 Å². The first-order valence-electron chi connectivity index (χ1n) is 4.20. The third kappa shape index (κ3) is 2.15. The second kappa shape index (κ2) is 4.00. The molecule has 1 heterocycles. The van der Waals surface area contributed by atoms with Crippen LogP contribution in [0.1, 0.15) is 5.56 Å².